The molecule has 27 heteroatoms. The molecule has 2 aliphatic heterocycles. The fourth-order valence-electron chi connectivity index (χ4n) is 8.96. The number of aliphatic carboxylic acids is 1. The van der Waals surface area contributed by atoms with Crippen molar-refractivity contribution in [2.45, 2.75) is 69.8 Å². The number of anilines is 2. The molecular formula is C55H86N2O22S3. The lowest BCUT2D eigenvalue weighted by molar-refractivity contribution is -0.138. The first-order chi connectivity index (χ1) is 38.9. The number of hydrogen-bond donors (Lipinski definition) is 4. The number of carboxylic acids is 1. The summed E-state index contributed by atoms with van der Waals surface area (Å²) in [4.78, 5) is 14.1. The summed E-state index contributed by atoms with van der Waals surface area (Å²) in [7, 11) is -11.6. The molecule has 0 radical (unpaired) electrons. The van der Waals surface area contributed by atoms with Crippen LogP contribution >= 0.6 is 0 Å². The maximum Gasteiger partial charge on any atom is 0.305 e. The van der Waals surface area contributed by atoms with Crippen LogP contribution in [0.15, 0.2) is 71.3 Å². The number of methoxy groups -OCH3 is 1. The van der Waals surface area contributed by atoms with Crippen molar-refractivity contribution < 1.29 is 101 Å². The largest absolute Gasteiger partial charge is 0.482 e. The molecule has 0 aliphatic carbocycles. The van der Waals surface area contributed by atoms with Crippen molar-refractivity contribution in [3.63, 3.8) is 0 Å². The molecule has 24 nitrogen and oxygen atoms in total. The maximum atomic E-state index is 12.5. The first-order valence-corrected chi connectivity index (χ1v) is 32.0. The second kappa shape index (κ2) is 36.0. The van der Waals surface area contributed by atoms with Gasteiger partial charge in [-0.05, 0) is 91.3 Å². The molecule has 466 valence electrons. The zero-order chi connectivity index (χ0) is 60.1. The highest BCUT2D eigenvalue weighted by Crippen LogP contribution is 2.51. The van der Waals surface area contributed by atoms with Gasteiger partial charge in [-0.3, -0.25) is 18.5 Å². The van der Waals surface area contributed by atoms with E-state index >= 15 is 0 Å². The van der Waals surface area contributed by atoms with Gasteiger partial charge in [0.15, 0.2) is 0 Å². The molecule has 0 saturated heterocycles. The minimum absolute atomic E-state index is 0.00876. The van der Waals surface area contributed by atoms with Gasteiger partial charge in [-0.25, -0.2) is 0 Å². The van der Waals surface area contributed by atoms with Gasteiger partial charge in [0.05, 0.1) is 148 Å². The molecular weight excluding hydrogens is 1140 g/mol. The summed E-state index contributed by atoms with van der Waals surface area (Å²) in [5, 5.41) is 8.66. The van der Waals surface area contributed by atoms with E-state index < -0.39 is 59.3 Å². The number of fused-ring (bicyclic) bond motifs is 2. The molecule has 2 unspecified atom stereocenters. The molecule has 0 bridgehead atoms. The standard InChI is InChI=1S/C55H86N2O22S3/c1-54(2,3)48-42-45(79-51-41-44(11-13-47(48)51)56(17-8-40-81(63,64)65)18-21-71-26-29-75-34-37-77-32-31-73-24-23-69-5)9-6-10-52-55(4,16-7-39-80(60,61)62)49-43-46(82(66,67)68)12-14-50(49)57(52)19-22-72-27-30-76-35-38-78-36-33-74-28-25-70-20-15-53(58)59/h6,9-14,41-43,45H,7-8,15-40H2,1-5H3,(H,58,59)(H,60,61,62)(H,63,64,65)(H,66,67,68)/b9-6+,52-10+. The average Bonchev–Trinajstić information content (AvgIpc) is 3.68. The third-order valence-electron chi connectivity index (χ3n) is 13.0. The summed E-state index contributed by atoms with van der Waals surface area (Å²) in [6.45, 7) is 15.4. The van der Waals surface area contributed by atoms with Gasteiger partial charge in [-0.1, -0.05) is 26.8 Å². The minimum atomic E-state index is -4.65. The smallest absolute Gasteiger partial charge is 0.305 e. The lowest BCUT2D eigenvalue weighted by atomic mass is 9.77. The summed E-state index contributed by atoms with van der Waals surface area (Å²) >= 11 is 0. The Morgan fingerprint density at radius 3 is 1.70 bits per heavy atom. The van der Waals surface area contributed by atoms with Crippen LogP contribution in [0.4, 0.5) is 11.4 Å². The molecule has 2 aromatic rings. The number of nitrogens with zero attached hydrogens (tertiary/aromatic N) is 2. The molecule has 2 aromatic carbocycles. The maximum absolute atomic E-state index is 12.5. The van der Waals surface area contributed by atoms with Gasteiger partial charge >= 0.3 is 5.97 Å². The monoisotopic (exact) mass is 1220 g/mol. The van der Waals surface area contributed by atoms with Crippen LogP contribution in [0.25, 0.3) is 5.57 Å². The lowest BCUT2D eigenvalue weighted by Gasteiger charge is -2.33. The second-order valence-corrected chi connectivity index (χ2v) is 24.9. The van der Waals surface area contributed by atoms with E-state index in [4.69, 9.17) is 57.2 Å². The zero-order valence-electron chi connectivity index (χ0n) is 47.9. The molecule has 0 saturated carbocycles. The first-order valence-electron chi connectivity index (χ1n) is 27.3. The third-order valence-corrected chi connectivity index (χ3v) is 15.4. The van der Waals surface area contributed by atoms with E-state index in [0.29, 0.717) is 115 Å². The van der Waals surface area contributed by atoms with E-state index in [1.165, 1.54) is 12.1 Å². The van der Waals surface area contributed by atoms with E-state index in [9.17, 15) is 43.7 Å². The molecule has 2 aliphatic rings. The number of carbonyl (C=O) groups is 1. The Labute approximate surface area is 484 Å². The van der Waals surface area contributed by atoms with Crippen molar-refractivity contribution in [3.05, 3.63) is 77.5 Å². The Bertz CT molecular complexity index is 2680. The molecule has 0 amide bonds. The Morgan fingerprint density at radius 2 is 1.18 bits per heavy atom. The highest BCUT2D eigenvalue weighted by molar-refractivity contribution is 7.86. The second-order valence-electron chi connectivity index (χ2n) is 20.3. The summed E-state index contributed by atoms with van der Waals surface area (Å²) in [6, 6.07) is 10.1. The van der Waals surface area contributed by atoms with Crippen LogP contribution in [0.3, 0.4) is 0 Å². The van der Waals surface area contributed by atoms with Gasteiger partial charge in [0.2, 0.25) is 0 Å². The first kappa shape index (κ1) is 70.3. The van der Waals surface area contributed by atoms with Crippen molar-refractivity contribution >= 4 is 53.3 Å². The highest BCUT2D eigenvalue weighted by atomic mass is 32.2. The normalized spacial score (nSPS) is 17.1. The van der Waals surface area contributed by atoms with Crippen LogP contribution in [0, 0.1) is 5.41 Å². The van der Waals surface area contributed by atoms with Crippen LogP contribution in [0.5, 0.6) is 5.75 Å². The third kappa shape index (κ3) is 26.4. The van der Waals surface area contributed by atoms with Gasteiger partial charge < -0.3 is 67.0 Å². The van der Waals surface area contributed by atoms with Gasteiger partial charge in [0.1, 0.15) is 11.9 Å². The van der Waals surface area contributed by atoms with E-state index in [1.807, 2.05) is 59.2 Å². The van der Waals surface area contributed by atoms with Crippen LogP contribution in [-0.2, 0) is 87.9 Å². The molecule has 2 atom stereocenters. The lowest BCUT2D eigenvalue weighted by Crippen LogP contribution is -2.31. The number of ether oxygens (including phenoxy) is 11. The van der Waals surface area contributed by atoms with Crippen LogP contribution in [-0.4, -0.2) is 220 Å². The minimum Gasteiger partial charge on any atom is -0.482 e. The van der Waals surface area contributed by atoms with Gasteiger partial charge in [-0.15, -0.1) is 0 Å². The Balaban J connectivity index is 1.49. The average molecular weight is 1220 g/mol. The van der Waals surface area contributed by atoms with Gasteiger partial charge in [0.25, 0.3) is 30.4 Å². The van der Waals surface area contributed by atoms with Crippen molar-refractivity contribution in [2.75, 3.05) is 174 Å². The molecule has 0 spiro atoms. The van der Waals surface area contributed by atoms with E-state index in [1.54, 1.807) is 13.2 Å². The molecule has 4 rings (SSSR count). The summed E-state index contributed by atoms with van der Waals surface area (Å²) in [6.07, 6.45) is 7.18. The van der Waals surface area contributed by atoms with Crippen molar-refractivity contribution in [1.82, 2.24) is 0 Å². The van der Waals surface area contributed by atoms with Crippen molar-refractivity contribution in [3.8, 4) is 5.75 Å². The predicted molar refractivity (Wildman–Crippen MR) is 307 cm³/mol. The van der Waals surface area contributed by atoms with Crippen LogP contribution in [0.2, 0.25) is 0 Å². The predicted octanol–water partition coefficient (Wildman–Crippen LogP) is 5.36. The number of benzene rings is 2. The van der Waals surface area contributed by atoms with Crippen LogP contribution in [0.1, 0.15) is 64.5 Å². The SMILES string of the molecule is COCCOCCOCCOCCOCCN(CCCS(=O)(=O)O)c1ccc2c(c1)OC(/C=C/C=C1/N(CCOCCOCCOCCOCCOCCC(=O)O)c3ccc(S(=O)(=O)O)cc3C1(C)CCCS(=O)(=O)O)C=C2C(C)(C)C. The summed E-state index contributed by atoms with van der Waals surface area (Å²) in [5.41, 5.74) is 2.99. The number of carboxylic acid groups (broad SMARTS) is 1. The number of hydrogen-bond acceptors (Lipinski definition) is 20. The molecule has 2 heterocycles. The zero-order valence-corrected chi connectivity index (χ0v) is 50.4. The fraction of sp³-hybridized carbons (Fsp3) is 0.655. The van der Waals surface area contributed by atoms with E-state index in [-0.39, 0.29) is 88.7 Å². The van der Waals surface area contributed by atoms with E-state index in [0.717, 1.165) is 16.8 Å². The Hall–Kier alpha value is -4.14. The molecule has 82 heavy (non-hydrogen) atoms. The van der Waals surface area contributed by atoms with Gasteiger partial charge in [0, 0.05) is 60.9 Å². The Morgan fingerprint density at radius 1 is 0.671 bits per heavy atom. The van der Waals surface area contributed by atoms with Crippen molar-refractivity contribution in [1.29, 1.82) is 0 Å². The topological polar surface area (TPSA) is 308 Å². The number of allylic oxidation sites excluding steroid dienone is 4. The molecule has 0 aromatic heterocycles. The fourth-order valence-corrected chi connectivity index (χ4v) is 10.5. The summed E-state index contributed by atoms with van der Waals surface area (Å²) in [5.74, 6) is -1.33. The summed E-state index contributed by atoms with van der Waals surface area (Å²) < 4.78 is 164. The quantitative estimate of drug-likeness (QED) is 0.0479. The van der Waals surface area contributed by atoms with E-state index in [2.05, 4.69) is 20.8 Å². The molecule has 0 fully saturated rings. The van der Waals surface area contributed by atoms with Crippen molar-refractivity contribution in [2.24, 2.45) is 5.41 Å². The van der Waals surface area contributed by atoms with Crippen LogP contribution < -0.4 is 14.5 Å². The van der Waals surface area contributed by atoms with Gasteiger partial charge in [-0.2, -0.15) is 25.3 Å². The Kier molecular flexibility index (Phi) is 30.9. The molecule has 4 N–H and O–H groups in total. The highest BCUT2D eigenvalue weighted by Gasteiger charge is 2.44. The number of rotatable bonds is 45.